The van der Waals surface area contributed by atoms with Gasteiger partial charge in [-0.05, 0) is 50.6 Å². The lowest BCUT2D eigenvalue weighted by atomic mass is 10.1. The summed E-state index contributed by atoms with van der Waals surface area (Å²) in [5.74, 6) is -0.882. The molecule has 6 heteroatoms. The Morgan fingerprint density at radius 1 is 1.25 bits per heavy atom. The summed E-state index contributed by atoms with van der Waals surface area (Å²) in [5.41, 5.74) is 0.871. The first-order chi connectivity index (χ1) is 11.8. The largest absolute Gasteiger partial charge is 0.330 e. The molecule has 2 aromatic rings. The highest BCUT2D eigenvalue weighted by atomic mass is 19.1. The molecule has 1 saturated heterocycles. The predicted molar refractivity (Wildman–Crippen MR) is 88.8 cm³/mol. The van der Waals surface area contributed by atoms with Crippen LogP contribution in [0.15, 0.2) is 42.9 Å². The number of carbonyl (C=O) groups excluding carboxylic acids is 1. The van der Waals surface area contributed by atoms with Crippen LogP contribution in [-0.4, -0.2) is 39.9 Å². The molecule has 24 heavy (non-hydrogen) atoms. The van der Waals surface area contributed by atoms with E-state index >= 15 is 0 Å². The highest BCUT2D eigenvalue weighted by Gasteiger charge is 2.27. The van der Waals surface area contributed by atoms with Gasteiger partial charge in [0.05, 0.1) is 24.0 Å². The summed E-state index contributed by atoms with van der Waals surface area (Å²) < 4.78 is 14.0. The van der Waals surface area contributed by atoms with Crippen LogP contribution in [0, 0.1) is 5.82 Å². The molecule has 2 aromatic heterocycles. The molecular formula is C18H21FN4O. The Hall–Kier alpha value is -2.34. The van der Waals surface area contributed by atoms with Crippen molar-refractivity contribution in [3.8, 4) is 0 Å². The van der Waals surface area contributed by atoms with Crippen LogP contribution in [0.4, 0.5) is 4.39 Å². The van der Waals surface area contributed by atoms with Crippen molar-refractivity contribution in [2.24, 2.45) is 0 Å². The number of hydrogen-bond donors (Lipinski definition) is 1. The summed E-state index contributed by atoms with van der Waals surface area (Å²) in [6.07, 6.45) is 6.99. The zero-order valence-electron chi connectivity index (χ0n) is 13.5. The van der Waals surface area contributed by atoms with Gasteiger partial charge in [-0.1, -0.05) is 6.07 Å². The summed E-state index contributed by atoms with van der Waals surface area (Å²) in [6.45, 7) is 2.19. The third kappa shape index (κ3) is 3.94. The van der Waals surface area contributed by atoms with Crippen LogP contribution in [-0.2, 0) is 6.54 Å². The van der Waals surface area contributed by atoms with Crippen LogP contribution in [0.2, 0.25) is 0 Å². The molecule has 1 aliphatic rings. The normalized spacial score (nSPS) is 18.0. The second kappa shape index (κ2) is 7.97. The highest BCUT2D eigenvalue weighted by molar-refractivity contribution is 5.94. The zero-order chi connectivity index (χ0) is 16.8. The maximum absolute atomic E-state index is 14.0. The molecule has 0 saturated carbocycles. The Balaban J connectivity index is 1.88. The lowest BCUT2D eigenvalue weighted by Gasteiger charge is -2.31. The van der Waals surface area contributed by atoms with Gasteiger partial charge < -0.3 is 10.2 Å². The molecule has 0 aliphatic carbocycles. The first-order valence-electron chi connectivity index (χ1n) is 8.27. The van der Waals surface area contributed by atoms with E-state index in [1.165, 1.54) is 12.3 Å². The standard InChI is InChI=1S/C18H21FN4O/c19-17-12-21-11-7-16(17)18(24)23(13-14-4-1-2-9-22-14)15-5-3-8-20-10-6-15/h1-2,4,7,9,11-12,15,20H,3,5-6,8,10,13H2. The average molecular weight is 328 g/mol. The van der Waals surface area contributed by atoms with Crippen molar-refractivity contribution in [3.63, 3.8) is 0 Å². The number of hydrogen-bond acceptors (Lipinski definition) is 4. The molecule has 0 radical (unpaired) electrons. The van der Waals surface area contributed by atoms with Crippen molar-refractivity contribution in [3.05, 3.63) is 59.9 Å². The molecule has 0 spiro atoms. The number of aromatic nitrogens is 2. The first-order valence-corrected chi connectivity index (χ1v) is 8.27. The molecule has 1 atom stereocenters. The monoisotopic (exact) mass is 328 g/mol. The van der Waals surface area contributed by atoms with E-state index in [4.69, 9.17) is 0 Å². The lowest BCUT2D eigenvalue weighted by molar-refractivity contribution is 0.0637. The van der Waals surface area contributed by atoms with Gasteiger partial charge in [-0.15, -0.1) is 0 Å². The van der Waals surface area contributed by atoms with Crippen molar-refractivity contribution in [1.82, 2.24) is 20.2 Å². The van der Waals surface area contributed by atoms with Crippen LogP contribution >= 0.6 is 0 Å². The Kier molecular flexibility index (Phi) is 5.48. The maximum atomic E-state index is 14.0. The fourth-order valence-corrected chi connectivity index (χ4v) is 3.05. The van der Waals surface area contributed by atoms with Crippen molar-refractivity contribution in [2.45, 2.75) is 31.8 Å². The van der Waals surface area contributed by atoms with Gasteiger partial charge in [0, 0.05) is 18.4 Å². The van der Waals surface area contributed by atoms with Gasteiger partial charge in [0.1, 0.15) is 0 Å². The summed E-state index contributed by atoms with van der Waals surface area (Å²) in [4.78, 5) is 22.8. The number of amides is 1. The molecule has 1 unspecified atom stereocenters. The minimum absolute atomic E-state index is 0.0677. The number of halogens is 1. The van der Waals surface area contributed by atoms with Crippen LogP contribution in [0.25, 0.3) is 0 Å². The SMILES string of the molecule is O=C(c1ccncc1F)N(Cc1ccccn1)C1CCCNCC1. The minimum Gasteiger partial charge on any atom is -0.330 e. The second-order valence-corrected chi connectivity index (χ2v) is 5.94. The van der Waals surface area contributed by atoms with E-state index in [0.29, 0.717) is 6.54 Å². The number of nitrogens with zero attached hydrogens (tertiary/aromatic N) is 3. The summed E-state index contributed by atoms with van der Waals surface area (Å²) in [6, 6.07) is 7.14. The van der Waals surface area contributed by atoms with Gasteiger partial charge in [0.2, 0.25) is 0 Å². The minimum atomic E-state index is -0.583. The van der Waals surface area contributed by atoms with E-state index in [1.807, 2.05) is 18.2 Å². The van der Waals surface area contributed by atoms with E-state index in [-0.39, 0.29) is 17.5 Å². The van der Waals surface area contributed by atoms with Gasteiger partial charge >= 0.3 is 0 Å². The van der Waals surface area contributed by atoms with Gasteiger partial charge in [0.15, 0.2) is 5.82 Å². The molecule has 5 nitrogen and oxygen atoms in total. The van der Waals surface area contributed by atoms with Crippen molar-refractivity contribution in [1.29, 1.82) is 0 Å². The van der Waals surface area contributed by atoms with E-state index < -0.39 is 5.82 Å². The van der Waals surface area contributed by atoms with Crippen LogP contribution in [0.1, 0.15) is 35.3 Å². The number of pyridine rings is 2. The van der Waals surface area contributed by atoms with E-state index in [1.54, 1.807) is 11.1 Å². The maximum Gasteiger partial charge on any atom is 0.257 e. The van der Waals surface area contributed by atoms with E-state index in [9.17, 15) is 9.18 Å². The molecule has 3 heterocycles. The fourth-order valence-electron chi connectivity index (χ4n) is 3.05. The molecule has 3 rings (SSSR count). The van der Waals surface area contributed by atoms with Crippen LogP contribution in [0.5, 0.6) is 0 Å². The Bertz CT molecular complexity index is 672. The smallest absolute Gasteiger partial charge is 0.257 e. The number of carbonyl (C=O) groups is 1. The Morgan fingerprint density at radius 2 is 2.17 bits per heavy atom. The van der Waals surface area contributed by atoms with Crippen molar-refractivity contribution in [2.75, 3.05) is 13.1 Å². The molecule has 1 fully saturated rings. The molecule has 1 aliphatic heterocycles. The summed E-state index contributed by atoms with van der Waals surface area (Å²) >= 11 is 0. The van der Waals surface area contributed by atoms with Crippen LogP contribution in [0.3, 0.4) is 0 Å². The van der Waals surface area contributed by atoms with Crippen LogP contribution < -0.4 is 5.32 Å². The van der Waals surface area contributed by atoms with Gasteiger partial charge in [-0.2, -0.15) is 0 Å². The molecule has 0 bridgehead atoms. The molecular weight excluding hydrogens is 307 g/mol. The van der Waals surface area contributed by atoms with Gasteiger partial charge in [0.25, 0.3) is 5.91 Å². The average Bonchev–Trinajstić information content (AvgIpc) is 2.90. The quantitative estimate of drug-likeness (QED) is 0.936. The molecule has 126 valence electrons. The third-order valence-electron chi connectivity index (χ3n) is 4.31. The molecule has 1 amide bonds. The van der Waals surface area contributed by atoms with Crippen molar-refractivity contribution < 1.29 is 9.18 Å². The second-order valence-electron chi connectivity index (χ2n) is 5.94. The summed E-state index contributed by atoms with van der Waals surface area (Å²) in [5, 5.41) is 3.35. The predicted octanol–water partition coefficient (Wildman–Crippen LogP) is 2.40. The topological polar surface area (TPSA) is 58.1 Å². The van der Waals surface area contributed by atoms with E-state index in [0.717, 1.165) is 44.2 Å². The van der Waals surface area contributed by atoms with Crippen molar-refractivity contribution >= 4 is 5.91 Å². The van der Waals surface area contributed by atoms with Gasteiger partial charge in [-0.3, -0.25) is 14.8 Å². The zero-order valence-corrected chi connectivity index (χ0v) is 13.5. The summed E-state index contributed by atoms with van der Waals surface area (Å²) in [7, 11) is 0. The molecule has 0 aromatic carbocycles. The number of nitrogens with one attached hydrogen (secondary N) is 1. The van der Waals surface area contributed by atoms with Gasteiger partial charge in [-0.25, -0.2) is 4.39 Å². The lowest BCUT2D eigenvalue weighted by Crippen LogP contribution is -2.41. The third-order valence-corrected chi connectivity index (χ3v) is 4.31. The first kappa shape index (κ1) is 16.5. The Labute approximate surface area is 140 Å². The Morgan fingerprint density at radius 3 is 2.96 bits per heavy atom. The number of rotatable bonds is 4. The van der Waals surface area contributed by atoms with E-state index in [2.05, 4.69) is 15.3 Å². The molecule has 1 N–H and O–H groups in total. The fraction of sp³-hybridized carbons (Fsp3) is 0.389. The highest BCUT2D eigenvalue weighted by Crippen LogP contribution is 2.20.